The highest BCUT2D eigenvalue weighted by Crippen LogP contribution is 2.31. The van der Waals surface area contributed by atoms with E-state index in [1.54, 1.807) is 6.26 Å². The predicted octanol–water partition coefficient (Wildman–Crippen LogP) is 3.19. The number of oxazole rings is 1. The first kappa shape index (κ1) is 14.4. The topological polar surface area (TPSA) is 41.3 Å². The van der Waals surface area contributed by atoms with E-state index in [9.17, 15) is 0 Å². The van der Waals surface area contributed by atoms with Gasteiger partial charge in [0.05, 0.1) is 5.69 Å². The molecule has 19 heavy (non-hydrogen) atoms. The van der Waals surface area contributed by atoms with E-state index in [0.29, 0.717) is 5.41 Å². The fraction of sp³-hybridized carbons (Fsp3) is 0.800. The van der Waals surface area contributed by atoms with Crippen molar-refractivity contribution in [1.82, 2.24) is 10.3 Å². The van der Waals surface area contributed by atoms with Crippen LogP contribution < -0.4 is 10.2 Å². The Morgan fingerprint density at radius 2 is 2.21 bits per heavy atom. The Morgan fingerprint density at radius 1 is 1.37 bits per heavy atom. The summed E-state index contributed by atoms with van der Waals surface area (Å²) in [5.41, 5.74) is 1.46. The highest BCUT2D eigenvalue weighted by Gasteiger charge is 2.24. The number of aromatic nitrogens is 1. The van der Waals surface area contributed by atoms with Gasteiger partial charge in [-0.1, -0.05) is 20.8 Å². The molecule has 0 aromatic carbocycles. The highest BCUT2D eigenvalue weighted by molar-refractivity contribution is 5.27. The van der Waals surface area contributed by atoms with Crippen LogP contribution in [0.3, 0.4) is 0 Å². The SMILES string of the molecule is CCCNCc1coc(N2CCCC(C)(C)CC2)n1. The summed E-state index contributed by atoms with van der Waals surface area (Å²) < 4.78 is 5.63. The average Bonchev–Trinajstić information content (AvgIpc) is 2.75. The molecule has 0 radical (unpaired) electrons. The fourth-order valence-corrected chi connectivity index (χ4v) is 2.53. The van der Waals surface area contributed by atoms with E-state index in [1.165, 1.54) is 19.3 Å². The van der Waals surface area contributed by atoms with Gasteiger partial charge in [0.25, 0.3) is 6.01 Å². The molecule has 1 aliphatic heterocycles. The van der Waals surface area contributed by atoms with Crippen LogP contribution in [0, 0.1) is 5.41 Å². The highest BCUT2D eigenvalue weighted by atomic mass is 16.4. The van der Waals surface area contributed by atoms with Gasteiger partial charge in [0.15, 0.2) is 0 Å². The fourth-order valence-electron chi connectivity index (χ4n) is 2.53. The standard InChI is InChI=1S/C15H27N3O/c1-4-8-16-11-13-12-19-14(17-13)18-9-5-6-15(2,3)7-10-18/h12,16H,4-11H2,1-3H3. The molecule has 1 saturated heterocycles. The summed E-state index contributed by atoms with van der Waals surface area (Å²) in [4.78, 5) is 6.88. The maximum absolute atomic E-state index is 5.63. The maximum Gasteiger partial charge on any atom is 0.297 e. The Morgan fingerprint density at radius 3 is 3.00 bits per heavy atom. The lowest BCUT2D eigenvalue weighted by Crippen LogP contribution is -2.25. The van der Waals surface area contributed by atoms with Crippen molar-refractivity contribution in [2.75, 3.05) is 24.5 Å². The Hall–Kier alpha value is -1.03. The molecule has 0 unspecified atom stereocenters. The van der Waals surface area contributed by atoms with E-state index in [4.69, 9.17) is 4.42 Å². The van der Waals surface area contributed by atoms with Crippen molar-refractivity contribution in [2.24, 2.45) is 5.41 Å². The molecule has 1 N–H and O–H groups in total. The largest absolute Gasteiger partial charge is 0.432 e. The lowest BCUT2D eigenvalue weighted by atomic mass is 9.85. The van der Waals surface area contributed by atoms with E-state index < -0.39 is 0 Å². The van der Waals surface area contributed by atoms with Crippen LogP contribution in [0.4, 0.5) is 6.01 Å². The molecule has 1 aromatic heterocycles. The molecule has 1 aromatic rings. The van der Waals surface area contributed by atoms with Gasteiger partial charge in [-0.3, -0.25) is 0 Å². The number of nitrogens with zero attached hydrogens (tertiary/aromatic N) is 2. The molecule has 0 saturated carbocycles. The molecule has 108 valence electrons. The average molecular weight is 265 g/mol. The summed E-state index contributed by atoms with van der Waals surface area (Å²) >= 11 is 0. The second kappa shape index (κ2) is 6.42. The third-order valence-corrected chi connectivity index (χ3v) is 3.88. The van der Waals surface area contributed by atoms with Crippen LogP contribution in [0.1, 0.15) is 52.1 Å². The molecule has 0 atom stereocenters. The van der Waals surface area contributed by atoms with Crippen molar-refractivity contribution in [3.05, 3.63) is 12.0 Å². The minimum Gasteiger partial charge on any atom is -0.432 e. The first-order valence-corrected chi connectivity index (χ1v) is 7.51. The van der Waals surface area contributed by atoms with Crippen LogP contribution in [0.2, 0.25) is 0 Å². The number of nitrogens with one attached hydrogen (secondary N) is 1. The number of hydrogen-bond donors (Lipinski definition) is 1. The number of anilines is 1. The number of hydrogen-bond acceptors (Lipinski definition) is 4. The molecule has 0 amide bonds. The Kier molecular flexibility index (Phi) is 4.86. The third kappa shape index (κ3) is 4.23. The molecule has 0 spiro atoms. The zero-order valence-electron chi connectivity index (χ0n) is 12.5. The minimum atomic E-state index is 0.451. The van der Waals surface area contributed by atoms with Gasteiger partial charge in [-0.05, 0) is 37.6 Å². The first-order valence-electron chi connectivity index (χ1n) is 7.51. The summed E-state index contributed by atoms with van der Waals surface area (Å²) in [5, 5.41) is 3.35. The normalized spacial score (nSPS) is 19.4. The van der Waals surface area contributed by atoms with Gasteiger partial charge in [-0.25, -0.2) is 0 Å². The van der Waals surface area contributed by atoms with Crippen LogP contribution in [-0.4, -0.2) is 24.6 Å². The molecule has 2 heterocycles. The van der Waals surface area contributed by atoms with E-state index >= 15 is 0 Å². The van der Waals surface area contributed by atoms with Gasteiger partial charge in [0, 0.05) is 19.6 Å². The zero-order chi connectivity index (χ0) is 13.7. The van der Waals surface area contributed by atoms with Crippen LogP contribution in [0.5, 0.6) is 0 Å². The summed E-state index contributed by atoms with van der Waals surface area (Å²) in [5.74, 6) is 0. The van der Waals surface area contributed by atoms with Crippen molar-refractivity contribution < 1.29 is 4.42 Å². The molecule has 1 aliphatic rings. The molecule has 4 nitrogen and oxygen atoms in total. The van der Waals surface area contributed by atoms with Crippen molar-refractivity contribution in [1.29, 1.82) is 0 Å². The Balaban J connectivity index is 1.91. The molecule has 1 fully saturated rings. The van der Waals surface area contributed by atoms with Crippen molar-refractivity contribution in [3.8, 4) is 0 Å². The molecule has 4 heteroatoms. The zero-order valence-corrected chi connectivity index (χ0v) is 12.5. The van der Waals surface area contributed by atoms with Gasteiger partial charge in [-0.15, -0.1) is 0 Å². The van der Waals surface area contributed by atoms with E-state index in [1.807, 2.05) is 0 Å². The summed E-state index contributed by atoms with van der Waals surface area (Å²) in [7, 11) is 0. The van der Waals surface area contributed by atoms with Gasteiger partial charge >= 0.3 is 0 Å². The van der Waals surface area contributed by atoms with Gasteiger partial charge < -0.3 is 14.6 Å². The summed E-state index contributed by atoms with van der Waals surface area (Å²) in [6.07, 6.45) is 6.65. The quantitative estimate of drug-likeness (QED) is 0.830. The van der Waals surface area contributed by atoms with E-state index in [0.717, 1.165) is 44.3 Å². The first-order chi connectivity index (χ1) is 9.11. The lowest BCUT2D eigenvalue weighted by Gasteiger charge is -2.22. The molecular formula is C15H27N3O. The predicted molar refractivity (Wildman–Crippen MR) is 78.3 cm³/mol. The molecular weight excluding hydrogens is 238 g/mol. The minimum absolute atomic E-state index is 0.451. The van der Waals surface area contributed by atoms with Crippen molar-refractivity contribution >= 4 is 6.01 Å². The second-order valence-electron chi connectivity index (χ2n) is 6.30. The second-order valence-corrected chi connectivity index (χ2v) is 6.30. The van der Waals surface area contributed by atoms with Crippen molar-refractivity contribution in [3.63, 3.8) is 0 Å². The van der Waals surface area contributed by atoms with Gasteiger partial charge in [0.2, 0.25) is 0 Å². The van der Waals surface area contributed by atoms with Crippen LogP contribution in [0.25, 0.3) is 0 Å². The monoisotopic (exact) mass is 265 g/mol. The maximum atomic E-state index is 5.63. The van der Waals surface area contributed by atoms with E-state index in [2.05, 4.69) is 36.0 Å². The Bertz CT molecular complexity index is 386. The van der Waals surface area contributed by atoms with Crippen molar-refractivity contribution in [2.45, 2.75) is 53.0 Å². The molecule has 2 rings (SSSR count). The number of rotatable bonds is 5. The van der Waals surface area contributed by atoms with E-state index in [-0.39, 0.29) is 0 Å². The third-order valence-electron chi connectivity index (χ3n) is 3.88. The summed E-state index contributed by atoms with van der Waals surface area (Å²) in [6, 6.07) is 0.797. The van der Waals surface area contributed by atoms with Crippen LogP contribution in [-0.2, 0) is 6.54 Å². The van der Waals surface area contributed by atoms with Crippen LogP contribution >= 0.6 is 0 Å². The smallest absolute Gasteiger partial charge is 0.297 e. The molecule has 0 bridgehead atoms. The lowest BCUT2D eigenvalue weighted by molar-refractivity contribution is 0.324. The molecule has 0 aliphatic carbocycles. The van der Waals surface area contributed by atoms with Crippen LogP contribution in [0.15, 0.2) is 10.7 Å². The van der Waals surface area contributed by atoms with Gasteiger partial charge in [-0.2, -0.15) is 4.98 Å². The summed E-state index contributed by atoms with van der Waals surface area (Å²) in [6.45, 7) is 10.8. The Labute approximate surface area is 116 Å². The van der Waals surface area contributed by atoms with Gasteiger partial charge in [0.1, 0.15) is 6.26 Å².